The average molecular weight is 267 g/mol. The number of carboxylic acids is 1. The number of nitrogens with two attached hydrogens (primary N) is 1. The summed E-state index contributed by atoms with van der Waals surface area (Å²) in [6.07, 6.45) is 0.328. The van der Waals surface area contributed by atoms with Gasteiger partial charge in [-0.1, -0.05) is 6.07 Å². The Morgan fingerprint density at radius 1 is 1.44 bits per heavy atom. The van der Waals surface area contributed by atoms with E-state index >= 15 is 0 Å². The summed E-state index contributed by atoms with van der Waals surface area (Å²) in [5.74, 6) is -0.982. The molecule has 6 heteroatoms. The van der Waals surface area contributed by atoms with Crippen LogP contribution in [0.25, 0.3) is 0 Å². The van der Waals surface area contributed by atoms with Crippen LogP contribution in [0, 0.1) is 13.8 Å². The minimum absolute atomic E-state index is 0. The standard InChI is InChI=1S/C10H14N2O2.2ClH/c1-6-3-4-8(7(2)12-6)5-9(11)10(13)14;;/h3-4,9H,5,11H2,1-2H3,(H,13,14);2*1H. The topological polar surface area (TPSA) is 76.2 Å². The number of aryl methyl sites for hydroxylation is 2. The van der Waals surface area contributed by atoms with Gasteiger partial charge in [-0.3, -0.25) is 9.78 Å². The third kappa shape index (κ3) is 4.79. The lowest BCUT2D eigenvalue weighted by molar-refractivity contribution is -0.138. The number of nitrogens with zero attached hydrogens (tertiary/aromatic N) is 1. The smallest absolute Gasteiger partial charge is 0.320 e. The molecular weight excluding hydrogens is 251 g/mol. The monoisotopic (exact) mass is 266 g/mol. The van der Waals surface area contributed by atoms with E-state index in [2.05, 4.69) is 4.98 Å². The van der Waals surface area contributed by atoms with E-state index < -0.39 is 12.0 Å². The predicted octanol–water partition coefficient (Wildman–Crippen LogP) is 1.50. The molecule has 16 heavy (non-hydrogen) atoms. The van der Waals surface area contributed by atoms with E-state index in [9.17, 15) is 4.79 Å². The van der Waals surface area contributed by atoms with Crippen molar-refractivity contribution in [1.29, 1.82) is 0 Å². The summed E-state index contributed by atoms with van der Waals surface area (Å²) in [4.78, 5) is 14.8. The summed E-state index contributed by atoms with van der Waals surface area (Å²) in [6.45, 7) is 3.75. The van der Waals surface area contributed by atoms with Gasteiger partial charge < -0.3 is 10.8 Å². The third-order valence-corrected chi connectivity index (χ3v) is 2.09. The molecule has 1 heterocycles. The first-order chi connectivity index (χ1) is 6.50. The van der Waals surface area contributed by atoms with Crippen LogP contribution in [0.15, 0.2) is 12.1 Å². The fourth-order valence-electron chi connectivity index (χ4n) is 1.26. The Morgan fingerprint density at radius 3 is 2.44 bits per heavy atom. The summed E-state index contributed by atoms with van der Waals surface area (Å²) in [5, 5.41) is 8.64. The van der Waals surface area contributed by atoms with Gasteiger partial charge in [0.1, 0.15) is 6.04 Å². The van der Waals surface area contributed by atoms with Crippen molar-refractivity contribution in [3.8, 4) is 0 Å². The Balaban J connectivity index is 0. The molecule has 1 atom stereocenters. The molecule has 0 aliphatic carbocycles. The summed E-state index contributed by atoms with van der Waals surface area (Å²) >= 11 is 0. The van der Waals surface area contributed by atoms with Gasteiger partial charge in [-0.25, -0.2) is 0 Å². The molecule has 1 unspecified atom stereocenters. The summed E-state index contributed by atoms with van der Waals surface area (Å²) in [5.41, 5.74) is 8.10. The van der Waals surface area contributed by atoms with Gasteiger partial charge in [0.05, 0.1) is 0 Å². The second kappa shape index (κ2) is 7.44. The number of hydrogen-bond acceptors (Lipinski definition) is 3. The van der Waals surface area contributed by atoms with Gasteiger partial charge in [-0.05, 0) is 25.5 Å². The molecular formula is C10H16Cl2N2O2. The molecule has 0 aliphatic rings. The van der Waals surface area contributed by atoms with Crippen LogP contribution >= 0.6 is 24.8 Å². The largest absolute Gasteiger partial charge is 0.480 e. The number of aliphatic carboxylic acids is 1. The molecule has 0 spiro atoms. The molecule has 0 fully saturated rings. The van der Waals surface area contributed by atoms with Crippen LogP contribution in [0.4, 0.5) is 0 Å². The normalized spacial score (nSPS) is 10.9. The van der Waals surface area contributed by atoms with Crippen molar-refractivity contribution in [2.75, 3.05) is 0 Å². The average Bonchev–Trinajstić information content (AvgIpc) is 2.09. The molecule has 92 valence electrons. The highest BCUT2D eigenvalue weighted by molar-refractivity contribution is 5.85. The van der Waals surface area contributed by atoms with Crippen LogP contribution in [0.3, 0.4) is 0 Å². The van der Waals surface area contributed by atoms with Crippen molar-refractivity contribution in [2.24, 2.45) is 5.73 Å². The number of aromatic nitrogens is 1. The third-order valence-electron chi connectivity index (χ3n) is 2.09. The van der Waals surface area contributed by atoms with Gasteiger partial charge in [0.25, 0.3) is 0 Å². The highest BCUT2D eigenvalue weighted by Crippen LogP contribution is 2.08. The molecule has 0 saturated heterocycles. The van der Waals surface area contributed by atoms with Crippen molar-refractivity contribution in [2.45, 2.75) is 26.3 Å². The fraction of sp³-hybridized carbons (Fsp3) is 0.400. The van der Waals surface area contributed by atoms with Crippen LogP contribution < -0.4 is 5.73 Å². The second-order valence-corrected chi connectivity index (χ2v) is 3.35. The zero-order valence-corrected chi connectivity index (χ0v) is 10.8. The van der Waals surface area contributed by atoms with Gasteiger partial charge in [-0.15, -0.1) is 24.8 Å². The van der Waals surface area contributed by atoms with E-state index in [0.29, 0.717) is 6.42 Å². The minimum Gasteiger partial charge on any atom is -0.480 e. The van der Waals surface area contributed by atoms with E-state index in [1.807, 2.05) is 26.0 Å². The lowest BCUT2D eigenvalue weighted by Crippen LogP contribution is -2.32. The van der Waals surface area contributed by atoms with Crippen molar-refractivity contribution in [3.05, 3.63) is 29.1 Å². The molecule has 1 aromatic heterocycles. The number of rotatable bonds is 3. The van der Waals surface area contributed by atoms with Crippen molar-refractivity contribution in [3.63, 3.8) is 0 Å². The highest BCUT2D eigenvalue weighted by Gasteiger charge is 2.13. The van der Waals surface area contributed by atoms with Crippen LogP contribution in [-0.4, -0.2) is 22.1 Å². The zero-order chi connectivity index (χ0) is 10.7. The summed E-state index contributed by atoms with van der Waals surface area (Å²) in [6, 6.07) is 2.88. The molecule has 0 saturated carbocycles. The quantitative estimate of drug-likeness (QED) is 0.870. The van der Waals surface area contributed by atoms with Crippen LogP contribution in [0.2, 0.25) is 0 Å². The van der Waals surface area contributed by atoms with Crippen LogP contribution in [-0.2, 0) is 11.2 Å². The molecule has 3 N–H and O–H groups in total. The molecule has 4 nitrogen and oxygen atoms in total. The van der Waals surface area contributed by atoms with E-state index in [-0.39, 0.29) is 24.8 Å². The Kier molecular flexibility index (Phi) is 8.16. The van der Waals surface area contributed by atoms with Crippen molar-refractivity contribution < 1.29 is 9.90 Å². The molecule has 0 aliphatic heterocycles. The van der Waals surface area contributed by atoms with Gasteiger partial charge >= 0.3 is 5.97 Å². The van der Waals surface area contributed by atoms with E-state index in [1.165, 1.54) is 0 Å². The van der Waals surface area contributed by atoms with E-state index in [1.54, 1.807) is 0 Å². The lowest BCUT2D eigenvalue weighted by atomic mass is 10.1. The highest BCUT2D eigenvalue weighted by atomic mass is 35.5. The maximum Gasteiger partial charge on any atom is 0.320 e. The Morgan fingerprint density at radius 2 is 2.00 bits per heavy atom. The van der Waals surface area contributed by atoms with Gasteiger partial charge in [0.15, 0.2) is 0 Å². The minimum atomic E-state index is -0.982. The number of carboxylic acid groups (broad SMARTS) is 1. The van der Waals surface area contributed by atoms with Gasteiger partial charge in [0.2, 0.25) is 0 Å². The molecule has 0 bridgehead atoms. The SMILES string of the molecule is Cc1ccc(CC(N)C(=O)O)c(C)n1.Cl.Cl. The number of hydrogen-bond donors (Lipinski definition) is 2. The maximum absolute atomic E-state index is 10.5. The molecule has 1 aromatic rings. The predicted molar refractivity (Wildman–Crippen MR) is 67.5 cm³/mol. The number of halogens is 2. The molecule has 0 amide bonds. The lowest BCUT2D eigenvalue weighted by Gasteiger charge is -2.08. The van der Waals surface area contributed by atoms with Gasteiger partial charge in [-0.2, -0.15) is 0 Å². The maximum atomic E-state index is 10.5. The van der Waals surface area contributed by atoms with Crippen LogP contribution in [0.5, 0.6) is 0 Å². The molecule has 0 radical (unpaired) electrons. The van der Waals surface area contributed by atoms with E-state index in [0.717, 1.165) is 17.0 Å². The molecule has 0 aromatic carbocycles. The van der Waals surface area contributed by atoms with E-state index in [4.69, 9.17) is 10.8 Å². The zero-order valence-electron chi connectivity index (χ0n) is 9.14. The van der Waals surface area contributed by atoms with Crippen molar-refractivity contribution >= 4 is 30.8 Å². The summed E-state index contributed by atoms with van der Waals surface area (Å²) in [7, 11) is 0. The number of pyridine rings is 1. The summed E-state index contributed by atoms with van der Waals surface area (Å²) < 4.78 is 0. The van der Waals surface area contributed by atoms with Crippen molar-refractivity contribution in [1.82, 2.24) is 4.98 Å². The first kappa shape index (κ1) is 17.6. The van der Waals surface area contributed by atoms with Gasteiger partial charge in [0, 0.05) is 17.8 Å². The Labute approximate surface area is 107 Å². The first-order valence-electron chi connectivity index (χ1n) is 4.42. The fourth-order valence-corrected chi connectivity index (χ4v) is 1.26. The number of carbonyl (C=O) groups is 1. The second-order valence-electron chi connectivity index (χ2n) is 3.35. The van der Waals surface area contributed by atoms with Crippen LogP contribution in [0.1, 0.15) is 17.0 Å². The molecule has 1 rings (SSSR count). The first-order valence-corrected chi connectivity index (χ1v) is 4.42. The Hall–Kier alpha value is -0.840. The Bertz CT molecular complexity index is 359.